The monoisotopic (exact) mass is 277 g/mol. The summed E-state index contributed by atoms with van der Waals surface area (Å²) in [5, 5.41) is 6.50. The molecule has 1 aromatic heterocycles. The van der Waals surface area contributed by atoms with E-state index in [4.69, 9.17) is 4.52 Å². The van der Waals surface area contributed by atoms with Gasteiger partial charge in [-0.2, -0.15) is 0 Å². The highest BCUT2D eigenvalue weighted by atomic mass is 16.5. The van der Waals surface area contributed by atoms with E-state index in [1.54, 1.807) is 17.2 Å². The normalized spacial score (nSPS) is 24.8. The van der Waals surface area contributed by atoms with Gasteiger partial charge in [0.25, 0.3) is 0 Å². The van der Waals surface area contributed by atoms with Gasteiger partial charge in [0.05, 0.1) is 12.7 Å². The number of amides is 2. The van der Waals surface area contributed by atoms with Crippen molar-refractivity contribution in [3.05, 3.63) is 18.0 Å². The molecule has 1 saturated heterocycles. The number of piperazine rings is 1. The van der Waals surface area contributed by atoms with Gasteiger partial charge in [-0.3, -0.25) is 9.59 Å². The summed E-state index contributed by atoms with van der Waals surface area (Å²) in [5.74, 6) is 0.806. The van der Waals surface area contributed by atoms with E-state index in [1.807, 2.05) is 0 Å². The molecule has 1 unspecified atom stereocenters. The maximum atomic E-state index is 12.5. The molecule has 1 aliphatic carbocycles. The highest BCUT2D eigenvalue weighted by Gasteiger charge is 2.38. The van der Waals surface area contributed by atoms with Crippen molar-refractivity contribution in [2.45, 2.75) is 44.7 Å². The fourth-order valence-corrected chi connectivity index (χ4v) is 3.16. The summed E-state index contributed by atoms with van der Waals surface area (Å²) in [4.78, 5) is 26.0. The van der Waals surface area contributed by atoms with E-state index in [-0.39, 0.29) is 30.3 Å². The zero-order valence-electron chi connectivity index (χ0n) is 11.4. The predicted molar refractivity (Wildman–Crippen MR) is 70.4 cm³/mol. The molecule has 1 atom stereocenters. The van der Waals surface area contributed by atoms with Crippen molar-refractivity contribution in [2.24, 2.45) is 5.92 Å². The number of aromatic nitrogens is 1. The van der Waals surface area contributed by atoms with Crippen LogP contribution in [0.4, 0.5) is 0 Å². The number of hydrogen-bond donors (Lipinski definition) is 1. The van der Waals surface area contributed by atoms with Gasteiger partial charge >= 0.3 is 0 Å². The fourth-order valence-electron chi connectivity index (χ4n) is 3.16. The Morgan fingerprint density at radius 1 is 1.30 bits per heavy atom. The summed E-state index contributed by atoms with van der Waals surface area (Å²) < 4.78 is 5.02. The maximum absolute atomic E-state index is 12.5. The number of nitrogens with zero attached hydrogens (tertiary/aromatic N) is 2. The molecular formula is C14H19N3O3. The SMILES string of the molecule is O=C1CN(Cc2ccno2)C(=O)C(C2CCCCC2)N1. The van der Waals surface area contributed by atoms with Crippen LogP contribution < -0.4 is 5.32 Å². The Kier molecular flexibility index (Phi) is 3.71. The van der Waals surface area contributed by atoms with Gasteiger partial charge in [-0.1, -0.05) is 24.4 Å². The lowest BCUT2D eigenvalue weighted by Crippen LogP contribution is -2.60. The molecule has 0 spiro atoms. The molecule has 0 aromatic carbocycles. The van der Waals surface area contributed by atoms with Crippen molar-refractivity contribution in [1.82, 2.24) is 15.4 Å². The average Bonchev–Trinajstić information content (AvgIpc) is 2.96. The van der Waals surface area contributed by atoms with Gasteiger partial charge in [0.2, 0.25) is 11.8 Å². The number of carbonyl (C=O) groups is 2. The second-order valence-corrected chi connectivity index (χ2v) is 5.62. The largest absolute Gasteiger partial charge is 0.360 e. The second-order valence-electron chi connectivity index (χ2n) is 5.62. The molecule has 20 heavy (non-hydrogen) atoms. The van der Waals surface area contributed by atoms with Crippen LogP contribution in [0.1, 0.15) is 37.9 Å². The summed E-state index contributed by atoms with van der Waals surface area (Å²) in [6.45, 7) is 0.415. The minimum Gasteiger partial charge on any atom is -0.360 e. The van der Waals surface area contributed by atoms with Crippen LogP contribution in [0.5, 0.6) is 0 Å². The van der Waals surface area contributed by atoms with Gasteiger partial charge in [-0.15, -0.1) is 0 Å². The van der Waals surface area contributed by atoms with Crippen molar-refractivity contribution < 1.29 is 14.1 Å². The summed E-state index contributed by atoms with van der Waals surface area (Å²) >= 11 is 0. The van der Waals surface area contributed by atoms with Crippen LogP contribution in [-0.4, -0.2) is 34.5 Å². The molecule has 2 amide bonds. The zero-order chi connectivity index (χ0) is 13.9. The summed E-state index contributed by atoms with van der Waals surface area (Å²) in [6, 6.07) is 1.36. The predicted octanol–water partition coefficient (Wildman–Crippen LogP) is 1.08. The Hall–Kier alpha value is -1.85. The molecular weight excluding hydrogens is 258 g/mol. The molecule has 1 N–H and O–H groups in total. The number of carbonyl (C=O) groups excluding carboxylic acids is 2. The summed E-state index contributed by atoms with van der Waals surface area (Å²) in [7, 11) is 0. The molecule has 2 fully saturated rings. The van der Waals surface area contributed by atoms with E-state index in [9.17, 15) is 9.59 Å². The minimum absolute atomic E-state index is 0.00731. The Balaban J connectivity index is 1.71. The first kappa shape index (κ1) is 13.1. The van der Waals surface area contributed by atoms with E-state index in [0.29, 0.717) is 12.3 Å². The van der Waals surface area contributed by atoms with E-state index in [0.717, 1.165) is 25.7 Å². The topological polar surface area (TPSA) is 75.4 Å². The zero-order valence-corrected chi connectivity index (χ0v) is 11.4. The second kappa shape index (κ2) is 5.64. The smallest absolute Gasteiger partial charge is 0.246 e. The van der Waals surface area contributed by atoms with Crippen molar-refractivity contribution >= 4 is 11.8 Å². The third-order valence-corrected chi connectivity index (χ3v) is 4.19. The molecule has 1 aliphatic heterocycles. The third-order valence-electron chi connectivity index (χ3n) is 4.19. The van der Waals surface area contributed by atoms with Gasteiger partial charge in [-0.05, 0) is 18.8 Å². The molecule has 0 radical (unpaired) electrons. The molecule has 1 aromatic rings. The average molecular weight is 277 g/mol. The Bertz CT molecular complexity index is 480. The highest BCUT2D eigenvalue weighted by molar-refractivity contribution is 5.95. The van der Waals surface area contributed by atoms with Crippen LogP contribution in [0.2, 0.25) is 0 Å². The summed E-state index contributed by atoms with van der Waals surface area (Å²) in [5.41, 5.74) is 0. The van der Waals surface area contributed by atoms with E-state index >= 15 is 0 Å². The molecule has 1 saturated carbocycles. The maximum Gasteiger partial charge on any atom is 0.246 e. The van der Waals surface area contributed by atoms with Gasteiger partial charge in [0.15, 0.2) is 5.76 Å². The van der Waals surface area contributed by atoms with Crippen LogP contribution >= 0.6 is 0 Å². The van der Waals surface area contributed by atoms with E-state index in [1.165, 1.54) is 6.42 Å². The van der Waals surface area contributed by atoms with Crippen LogP contribution in [0.15, 0.2) is 16.8 Å². The molecule has 108 valence electrons. The lowest BCUT2D eigenvalue weighted by atomic mass is 9.82. The Morgan fingerprint density at radius 2 is 2.10 bits per heavy atom. The van der Waals surface area contributed by atoms with Crippen LogP contribution in [0.3, 0.4) is 0 Å². The number of nitrogens with one attached hydrogen (secondary N) is 1. The lowest BCUT2D eigenvalue weighted by molar-refractivity contribution is -0.147. The Morgan fingerprint density at radius 3 is 2.80 bits per heavy atom. The standard InChI is InChI=1S/C14H19N3O3/c18-12-9-17(8-11-6-7-15-20-11)14(19)13(16-12)10-4-2-1-3-5-10/h6-7,10,13H,1-5,8-9H2,(H,16,18). The molecule has 2 aliphatic rings. The van der Waals surface area contributed by atoms with Crippen LogP contribution in [0.25, 0.3) is 0 Å². The van der Waals surface area contributed by atoms with Gasteiger partial charge in [0.1, 0.15) is 12.6 Å². The first-order chi connectivity index (χ1) is 9.74. The van der Waals surface area contributed by atoms with Gasteiger partial charge in [-0.25, -0.2) is 0 Å². The molecule has 6 nitrogen and oxygen atoms in total. The van der Waals surface area contributed by atoms with E-state index in [2.05, 4.69) is 10.5 Å². The number of hydrogen-bond acceptors (Lipinski definition) is 4. The van der Waals surface area contributed by atoms with Crippen molar-refractivity contribution in [1.29, 1.82) is 0 Å². The molecule has 6 heteroatoms. The molecule has 3 rings (SSSR count). The minimum atomic E-state index is -0.362. The first-order valence-corrected chi connectivity index (χ1v) is 7.22. The first-order valence-electron chi connectivity index (χ1n) is 7.22. The third kappa shape index (κ3) is 2.69. The van der Waals surface area contributed by atoms with Crippen molar-refractivity contribution in [3.8, 4) is 0 Å². The lowest BCUT2D eigenvalue weighted by Gasteiger charge is -2.37. The van der Waals surface area contributed by atoms with Crippen LogP contribution in [0, 0.1) is 5.92 Å². The van der Waals surface area contributed by atoms with Crippen LogP contribution in [-0.2, 0) is 16.1 Å². The quantitative estimate of drug-likeness (QED) is 0.897. The van der Waals surface area contributed by atoms with Crippen molar-refractivity contribution in [3.63, 3.8) is 0 Å². The van der Waals surface area contributed by atoms with Gasteiger partial charge < -0.3 is 14.7 Å². The van der Waals surface area contributed by atoms with E-state index < -0.39 is 0 Å². The molecule has 2 heterocycles. The fraction of sp³-hybridized carbons (Fsp3) is 0.643. The number of rotatable bonds is 3. The highest BCUT2D eigenvalue weighted by Crippen LogP contribution is 2.28. The van der Waals surface area contributed by atoms with Crippen molar-refractivity contribution in [2.75, 3.05) is 6.54 Å². The summed E-state index contributed by atoms with van der Waals surface area (Å²) in [6.07, 6.45) is 7.11. The molecule has 0 bridgehead atoms. The Labute approximate surface area is 117 Å². The van der Waals surface area contributed by atoms with Gasteiger partial charge in [0, 0.05) is 6.07 Å².